The average molecular weight is 345 g/mol. The van der Waals surface area contributed by atoms with Crippen LogP contribution >= 0.6 is 39.1 Å². The molecule has 94 valence electrons. The van der Waals surface area contributed by atoms with Gasteiger partial charge in [0.1, 0.15) is 0 Å². The van der Waals surface area contributed by atoms with E-state index in [4.69, 9.17) is 28.9 Å². The molecule has 2 aromatic rings. The molecule has 4 heteroatoms. The molecule has 0 amide bonds. The summed E-state index contributed by atoms with van der Waals surface area (Å²) in [4.78, 5) is 0. The Kier molecular flexibility index (Phi) is 4.68. The molecule has 0 spiro atoms. The number of halogens is 3. The molecule has 2 N–H and O–H groups in total. The molecule has 0 aromatic heterocycles. The van der Waals surface area contributed by atoms with Crippen molar-refractivity contribution in [2.75, 3.05) is 0 Å². The predicted octanol–water partition coefficient (Wildman–Crippen LogP) is 5.00. The molecular formula is C14H12BrCl2N. The fourth-order valence-electron chi connectivity index (χ4n) is 1.81. The lowest BCUT2D eigenvalue weighted by molar-refractivity contribution is 0.722. The number of rotatable bonds is 3. The first-order valence-corrected chi connectivity index (χ1v) is 7.07. The summed E-state index contributed by atoms with van der Waals surface area (Å²) in [5, 5.41) is 1.41. The lowest BCUT2D eigenvalue weighted by atomic mass is 10.00. The van der Waals surface area contributed by atoms with E-state index in [9.17, 15) is 0 Å². The summed E-state index contributed by atoms with van der Waals surface area (Å²) in [5.74, 6) is 0. The van der Waals surface area contributed by atoms with Gasteiger partial charge in [0.2, 0.25) is 0 Å². The van der Waals surface area contributed by atoms with Crippen LogP contribution < -0.4 is 5.73 Å². The topological polar surface area (TPSA) is 26.0 Å². The molecule has 1 unspecified atom stereocenters. The maximum absolute atomic E-state index is 6.19. The maximum atomic E-state index is 6.19. The van der Waals surface area contributed by atoms with Crippen molar-refractivity contribution in [1.82, 2.24) is 0 Å². The molecule has 0 aliphatic heterocycles. The highest BCUT2D eigenvalue weighted by Gasteiger charge is 2.12. The SMILES string of the molecule is NC(Cc1ccccc1Cl)c1ccc(Br)cc1Cl. The van der Waals surface area contributed by atoms with E-state index in [-0.39, 0.29) is 6.04 Å². The van der Waals surface area contributed by atoms with Crippen molar-refractivity contribution in [3.8, 4) is 0 Å². The molecule has 0 fully saturated rings. The van der Waals surface area contributed by atoms with E-state index in [0.717, 1.165) is 20.6 Å². The van der Waals surface area contributed by atoms with Crippen LogP contribution in [0.1, 0.15) is 17.2 Å². The second-order valence-corrected chi connectivity index (χ2v) is 5.80. The summed E-state index contributed by atoms with van der Waals surface area (Å²) in [7, 11) is 0. The summed E-state index contributed by atoms with van der Waals surface area (Å²) in [6.07, 6.45) is 0.668. The Morgan fingerprint density at radius 3 is 2.44 bits per heavy atom. The molecule has 1 atom stereocenters. The number of hydrogen-bond acceptors (Lipinski definition) is 1. The Morgan fingerprint density at radius 1 is 1.06 bits per heavy atom. The molecule has 0 heterocycles. The smallest absolute Gasteiger partial charge is 0.0465 e. The molecule has 2 aromatic carbocycles. The zero-order valence-corrected chi connectivity index (χ0v) is 12.6. The quantitative estimate of drug-likeness (QED) is 0.833. The first-order chi connectivity index (χ1) is 8.58. The van der Waals surface area contributed by atoms with Gasteiger partial charge in [-0.25, -0.2) is 0 Å². The van der Waals surface area contributed by atoms with Gasteiger partial charge >= 0.3 is 0 Å². The van der Waals surface area contributed by atoms with E-state index < -0.39 is 0 Å². The minimum atomic E-state index is -0.162. The standard InChI is InChI=1S/C14H12BrCl2N/c15-10-5-6-11(13(17)8-10)14(18)7-9-3-1-2-4-12(9)16/h1-6,8,14H,7,18H2. The zero-order chi connectivity index (χ0) is 13.1. The second kappa shape index (κ2) is 6.07. The highest BCUT2D eigenvalue weighted by Crippen LogP contribution is 2.28. The summed E-state index contributed by atoms with van der Waals surface area (Å²) in [6.45, 7) is 0. The minimum absolute atomic E-state index is 0.162. The van der Waals surface area contributed by atoms with Crippen molar-refractivity contribution in [1.29, 1.82) is 0 Å². The van der Waals surface area contributed by atoms with E-state index in [1.807, 2.05) is 42.5 Å². The molecule has 18 heavy (non-hydrogen) atoms. The molecular weight excluding hydrogens is 333 g/mol. The van der Waals surface area contributed by atoms with Gasteiger partial charge in [0, 0.05) is 20.6 Å². The lowest BCUT2D eigenvalue weighted by Gasteiger charge is -2.15. The van der Waals surface area contributed by atoms with Crippen LogP contribution in [0.5, 0.6) is 0 Å². The second-order valence-electron chi connectivity index (χ2n) is 4.07. The predicted molar refractivity (Wildman–Crippen MR) is 81.2 cm³/mol. The van der Waals surface area contributed by atoms with Gasteiger partial charge in [0.25, 0.3) is 0 Å². The van der Waals surface area contributed by atoms with Gasteiger partial charge in [0.05, 0.1) is 0 Å². The normalized spacial score (nSPS) is 12.4. The van der Waals surface area contributed by atoms with Gasteiger partial charge in [0.15, 0.2) is 0 Å². The van der Waals surface area contributed by atoms with Crippen molar-refractivity contribution in [3.05, 3.63) is 68.1 Å². The van der Waals surface area contributed by atoms with Crippen LogP contribution in [0.2, 0.25) is 10.0 Å². The number of nitrogens with two attached hydrogens (primary N) is 1. The Balaban J connectivity index is 2.22. The zero-order valence-electron chi connectivity index (χ0n) is 9.54. The van der Waals surface area contributed by atoms with Crippen LogP contribution in [0.4, 0.5) is 0 Å². The average Bonchev–Trinajstić information content (AvgIpc) is 2.32. The Hall–Kier alpha value is -0.540. The van der Waals surface area contributed by atoms with Gasteiger partial charge in [-0.05, 0) is 35.7 Å². The summed E-state index contributed by atoms with van der Waals surface area (Å²) in [5.41, 5.74) is 8.15. The third kappa shape index (κ3) is 3.27. The molecule has 0 aliphatic carbocycles. The maximum Gasteiger partial charge on any atom is 0.0465 e. The van der Waals surface area contributed by atoms with Crippen LogP contribution in [-0.4, -0.2) is 0 Å². The summed E-state index contributed by atoms with van der Waals surface area (Å²) < 4.78 is 0.946. The third-order valence-corrected chi connectivity index (χ3v) is 3.95. The van der Waals surface area contributed by atoms with E-state index in [1.54, 1.807) is 0 Å². The third-order valence-electron chi connectivity index (χ3n) is 2.76. The first-order valence-electron chi connectivity index (χ1n) is 5.52. The van der Waals surface area contributed by atoms with Crippen molar-refractivity contribution >= 4 is 39.1 Å². The Morgan fingerprint density at radius 2 is 1.78 bits per heavy atom. The van der Waals surface area contributed by atoms with Gasteiger partial charge in [-0.3, -0.25) is 0 Å². The molecule has 0 radical (unpaired) electrons. The van der Waals surface area contributed by atoms with Gasteiger partial charge in [-0.2, -0.15) is 0 Å². The van der Waals surface area contributed by atoms with Crippen LogP contribution in [0.15, 0.2) is 46.9 Å². The van der Waals surface area contributed by atoms with E-state index in [1.165, 1.54) is 0 Å². The lowest BCUT2D eigenvalue weighted by Crippen LogP contribution is -2.14. The van der Waals surface area contributed by atoms with Crippen LogP contribution in [-0.2, 0) is 6.42 Å². The molecule has 1 nitrogen and oxygen atoms in total. The van der Waals surface area contributed by atoms with Crippen LogP contribution in [0, 0.1) is 0 Å². The van der Waals surface area contributed by atoms with E-state index in [0.29, 0.717) is 11.4 Å². The monoisotopic (exact) mass is 343 g/mol. The van der Waals surface area contributed by atoms with E-state index in [2.05, 4.69) is 15.9 Å². The fraction of sp³-hybridized carbons (Fsp3) is 0.143. The molecule has 0 saturated carbocycles. The summed E-state index contributed by atoms with van der Waals surface area (Å²) >= 11 is 15.7. The number of hydrogen-bond donors (Lipinski definition) is 1. The Labute approximate surface area is 125 Å². The highest BCUT2D eigenvalue weighted by atomic mass is 79.9. The van der Waals surface area contributed by atoms with Crippen molar-refractivity contribution < 1.29 is 0 Å². The fourth-order valence-corrected chi connectivity index (χ4v) is 2.84. The highest BCUT2D eigenvalue weighted by molar-refractivity contribution is 9.10. The molecule has 0 aliphatic rings. The summed E-state index contributed by atoms with van der Waals surface area (Å²) in [6, 6.07) is 13.3. The molecule has 2 rings (SSSR count). The van der Waals surface area contributed by atoms with Gasteiger partial charge in [-0.15, -0.1) is 0 Å². The molecule has 0 saturated heterocycles. The molecule has 0 bridgehead atoms. The van der Waals surface area contributed by atoms with Crippen LogP contribution in [0.25, 0.3) is 0 Å². The largest absolute Gasteiger partial charge is 0.324 e. The minimum Gasteiger partial charge on any atom is -0.324 e. The Bertz CT molecular complexity index is 557. The van der Waals surface area contributed by atoms with Crippen LogP contribution in [0.3, 0.4) is 0 Å². The van der Waals surface area contributed by atoms with Gasteiger partial charge in [-0.1, -0.05) is 63.4 Å². The van der Waals surface area contributed by atoms with Crippen molar-refractivity contribution in [2.45, 2.75) is 12.5 Å². The first kappa shape index (κ1) is 13.9. The number of benzene rings is 2. The van der Waals surface area contributed by atoms with Crippen molar-refractivity contribution in [2.24, 2.45) is 5.73 Å². The van der Waals surface area contributed by atoms with Crippen molar-refractivity contribution in [3.63, 3.8) is 0 Å². The van der Waals surface area contributed by atoms with E-state index >= 15 is 0 Å². The van der Waals surface area contributed by atoms with Gasteiger partial charge < -0.3 is 5.73 Å².